The van der Waals surface area contributed by atoms with Crippen LogP contribution in [0, 0.1) is 0 Å². The average Bonchev–Trinajstić information content (AvgIpc) is 3.25. The highest BCUT2D eigenvalue weighted by Crippen LogP contribution is 2.44. The molecule has 5 nitrogen and oxygen atoms in total. The van der Waals surface area contributed by atoms with E-state index >= 15 is 0 Å². The molecule has 0 unspecified atom stereocenters. The van der Waals surface area contributed by atoms with E-state index in [-0.39, 0.29) is 25.6 Å². The molecule has 180 valence electrons. The van der Waals surface area contributed by atoms with Crippen molar-refractivity contribution in [2.75, 3.05) is 6.61 Å². The smallest absolute Gasteiger partial charge is 0.461 e. The Kier molecular flexibility index (Phi) is 7.08. The molecule has 1 aliphatic carbocycles. The van der Waals surface area contributed by atoms with Crippen LogP contribution in [0.5, 0.6) is 0 Å². The van der Waals surface area contributed by atoms with Gasteiger partial charge in [-0.3, -0.25) is 4.79 Å². The van der Waals surface area contributed by atoms with Crippen molar-refractivity contribution in [1.82, 2.24) is 0 Å². The maximum absolute atomic E-state index is 12.8. The number of rotatable bonds is 8. The second-order valence-electron chi connectivity index (χ2n) is 8.66. The summed E-state index contributed by atoms with van der Waals surface area (Å²) in [6.07, 6.45) is -1.74. The van der Waals surface area contributed by atoms with E-state index in [1.54, 1.807) is 0 Å². The standard InChI is InChI=1S/C31H26O5/c32-30(34-20-22-11-3-1-4-12-22)19-29(23-13-5-2-6-14-23)36-31(33)35-21-28-26-17-9-7-15-24(26)25-16-8-10-18-27(25)28/h1-18,28-29H,19-21H2/t29-/m1/s1. The molecule has 5 rings (SSSR count). The molecule has 0 spiro atoms. The molecule has 0 radical (unpaired) electrons. The van der Waals surface area contributed by atoms with Gasteiger partial charge < -0.3 is 14.2 Å². The largest absolute Gasteiger partial charge is 0.508 e. The van der Waals surface area contributed by atoms with E-state index in [0.717, 1.165) is 27.8 Å². The van der Waals surface area contributed by atoms with E-state index in [0.29, 0.717) is 5.56 Å². The van der Waals surface area contributed by atoms with Crippen LogP contribution < -0.4 is 0 Å². The number of carbonyl (C=O) groups excluding carboxylic acids is 2. The second kappa shape index (κ2) is 10.9. The number of hydrogen-bond donors (Lipinski definition) is 0. The number of fused-ring (bicyclic) bond motifs is 3. The van der Waals surface area contributed by atoms with Crippen molar-refractivity contribution in [2.45, 2.75) is 25.0 Å². The fraction of sp³-hybridized carbons (Fsp3) is 0.161. The molecule has 0 aliphatic heterocycles. The first kappa shape index (κ1) is 23.4. The van der Waals surface area contributed by atoms with Gasteiger partial charge >= 0.3 is 12.1 Å². The van der Waals surface area contributed by atoms with Gasteiger partial charge in [0.25, 0.3) is 0 Å². The van der Waals surface area contributed by atoms with E-state index in [1.165, 1.54) is 0 Å². The Balaban J connectivity index is 1.24. The number of hydrogen-bond acceptors (Lipinski definition) is 5. The third kappa shape index (κ3) is 5.31. The third-order valence-electron chi connectivity index (χ3n) is 6.33. The van der Waals surface area contributed by atoms with Gasteiger partial charge in [0.05, 0.1) is 6.42 Å². The van der Waals surface area contributed by atoms with Crippen LogP contribution in [0.25, 0.3) is 11.1 Å². The number of carbonyl (C=O) groups is 2. The van der Waals surface area contributed by atoms with E-state index in [2.05, 4.69) is 24.3 Å². The zero-order valence-corrected chi connectivity index (χ0v) is 19.7. The van der Waals surface area contributed by atoms with Gasteiger partial charge in [-0.05, 0) is 33.4 Å². The SMILES string of the molecule is O=C(C[C@@H](OC(=O)OCC1c2ccccc2-c2ccccc21)c1ccccc1)OCc1ccccc1. The van der Waals surface area contributed by atoms with E-state index in [1.807, 2.05) is 84.9 Å². The summed E-state index contributed by atoms with van der Waals surface area (Å²) >= 11 is 0. The third-order valence-corrected chi connectivity index (χ3v) is 6.33. The van der Waals surface area contributed by atoms with Crippen molar-refractivity contribution in [3.63, 3.8) is 0 Å². The van der Waals surface area contributed by atoms with Crippen LogP contribution in [-0.4, -0.2) is 18.7 Å². The maximum atomic E-state index is 12.8. The van der Waals surface area contributed by atoms with Crippen LogP contribution in [0.3, 0.4) is 0 Å². The molecule has 0 fully saturated rings. The molecule has 1 atom stereocenters. The first-order chi connectivity index (χ1) is 17.7. The van der Waals surface area contributed by atoms with Crippen molar-refractivity contribution in [3.05, 3.63) is 131 Å². The highest BCUT2D eigenvalue weighted by molar-refractivity contribution is 5.79. The molecule has 36 heavy (non-hydrogen) atoms. The zero-order valence-electron chi connectivity index (χ0n) is 19.7. The Morgan fingerprint density at radius 2 is 1.22 bits per heavy atom. The molecule has 0 saturated carbocycles. The average molecular weight is 479 g/mol. The van der Waals surface area contributed by atoms with Gasteiger partial charge in [-0.2, -0.15) is 0 Å². The summed E-state index contributed by atoms with van der Waals surface area (Å²) in [6, 6.07) is 34.9. The van der Waals surface area contributed by atoms with Crippen LogP contribution >= 0.6 is 0 Å². The van der Waals surface area contributed by atoms with Gasteiger partial charge in [0.2, 0.25) is 0 Å². The molecular formula is C31H26O5. The van der Waals surface area contributed by atoms with Crippen LogP contribution in [0.15, 0.2) is 109 Å². The van der Waals surface area contributed by atoms with Gasteiger partial charge in [-0.25, -0.2) is 4.79 Å². The fourth-order valence-electron chi connectivity index (χ4n) is 4.58. The van der Waals surface area contributed by atoms with Gasteiger partial charge in [0.15, 0.2) is 0 Å². The molecule has 0 bridgehead atoms. The van der Waals surface area contributed by atoms with Crippen molar-refractivity contribution >= 4 is 12.1 Å². The lowest BCUT2D eigenvalue weighted by molar-refractivity contribution is -0.147. The predicted octanol–water partition coefficient (Wildman–Crippen LogP) is 6.83. The molecule has 5 heteroatoms. The summed E-state index contributed by atoms with van der Waals surface area (Å²) in [7, 11) is 0. The summed E-state index contributed by atoms with van der Waals surface area (Å²) in [5.74, 6) is -0.532. The van der Waals surface area contributed by atoms with Crippen molar-refractivity contribution < 1.29 is 23.8 Å². The van der Waals surface area contributed by atoms with Gasteiger partial charge in [0.1, 0.15) is 19.3 Å². The summed E-state index contributed by atoms with van der Waals surface area (Å²) in [5, 5.41) is 0. The summed E-state index contributed by atoms with van der Waals surface area (Å²) in [4.78, 5) is 25.3. The Labute approximate surface area is 210 Å². The maximum Gasteiger partial charge on any atom is 0.508 e. The lowest BCUT2D eigenvalue weighted by atomic mass is 9.98. The van der Waals surface area contributed by atoms with Crippen LogP contribution in [0.1, 0.15) is 40.7 Å². The monoisotopic (exact) mass is 478 g/mol. The minimum Gasteiger partial charge on any atom is -0.461 e. The molecule has 4 aromatic rings. The van der Waals surface area contributed by atoms with E-state index < -0.39 is 18.2 Å². The van der Waals surface area contributed by atoms with Crippen LogP contribution in [0.4, 0.5) is 4.79 Å². The first-order valence-corrected chi connectivity index (χ1v) is 11.9. The van der Waals surface area contributed by atoms with Gasteiger partial charge in [-0.15, -0.1) is 0 Å². The molecular weight excluding hydrogens is 452 g/mol. The summed E-state index contributed by atoms with van der Waals surface area (Å²) < 4.78 is 16.6. The molecule has 0 saturated heterocycles. The van der Waals surface area contributed by atoms with Crippen molar-refractivity contribution in [1.29, 1.82) is 0 Å². The first-order valence-electron chi connectivity index (χ1n) is 11.9. The summed E-state index contributed by atoms with van der Waals surface area (Å²) in [5.41, 5.74) is 6.13. The van der Waals surface area contributed by atoms with E-state index in [4.69, 9.17) is 14.2 Å². The van der Waals surface area contributed by atoms with Crippen molar-refractivity contribution in [3.8, 4) is 11.1 Å². The quantitative estimate of drug-likeness (QED) is 0.260. The Morgan fingerprint density at radius 3 is 1.86 bits per heavy atom. The molecule has 4 aromatic carbocycles. The molecule has 1 aliphatic rings. The van der Waals surface area contributed by atoms with Crippen molar-refractivity contribution in [2.24, 2.45) is 0 Å². The second-order valence-corrected chi connectivity index (χ2v) is 8.66. The lowest BCUT2D eigenvalue weighted by Gasteiger charge is -2.19. The molecule has 0 aromatic heterocycles. The minimum absolute atomic E-state index is 0.0732. The molecule has 0 amide bonds. The highest BCUT2D eigenvalue weighted by atomic mass is 16.7. The topological polar surface area (TPSA) is 61.8 Å². The number of benzene rings is 4. The predicted molar refractivity (Wildman–Crippen MR) is 136 cm³/mol. The number of esters is 1. The Hall–Kier alpha value is -4.38. The lowest BCUT2D eigenvalue weighted by Crippen LogP contribution is -2.19. The normalized spacial score (nSPS) is 12.8. The number of ether oxygens (including phenoxy) is 3. The van der Waals surface area contributed by atoms with Crippen LogP contribution in [-0.2, 0) is 25.6 Å². The highest BCUT2D eigenvalue weighted by Gasteiger charge is 2.30. The zero-order chi connectivity index (χ0) is 24.7. The fourth-order valence-corrected chi connectivity index (χ4v) is 4.58. The Bertz CT molecular complexity index is 1290. The van der Waals surface area contributed by atoms with Gasteiger partial charge in [-0.1, -0.05) is 109 Å². The molecule has 0 heterocycles. The van der Waals surface area contributed by atoms with Gasteiger partial charge in [0, 0.05) is 5.92 Å². The van der Waals surface area contributed by atoms with E-state index in [9.17, 15) is 9.59 Å². The van der Waals surface area contributed by atoms with Crippen LogP contribution in [0.2, 0.25) is 0 Å². The molecule has 0 N–H and O–H groups in total. The summed E-state index contributed by atoms with van der Waals surface area (Å²) in [6.45, 7) is 0.305. The Morgan fingerprint density at radius 1 is 0.667 bits per heavy atom. The minimum atomic E-state index is -0.818.